The van der Waals surface area contributed by atoms with Gasteiger partial charge in [-0.05, 0) is 39.0 Å². The van der Waals surface area contributed by atoms with Gasteiger partial charge in [-0.3, -0.25) is 9.59 Å². The number of halogens is 2. The number of nitrogens with zero attached hydrogens (tertiary/aromatic N) is 4. The molecule has 9 nitrogen and oxygen atoms in total. The number of thiazole rings is 1. The second-order valence-electron chi connectivity index (χ2n) is 6.88. The molecule has 182 valence electrons. The monoisotopic (exact) mass is 543 g/mol. The van der Waals surface area contributed by atoms with Crippen molar-refractivity contribution in [3.63, 3.8) is 0 Å². The van der Waals surface area contributed by atoms with Crippen LogP contribution in [-0.4, -0.2) is 44.0 Å². The van der Waals surface area contributed by atoms with Crippen LogP contribution in [0.25, 0.3) is 0 Å². The van der Waals surface area contributed by atoms with Crippen molar-refractivity contribution in [1.29, 1.82) is 0 Å². The number of rotatable bonds is 11. The Morgan fingerprint density at radius 3 is 2.76 bits per heavy atom. The Labute approximate surface area is 215 Å². The zero-order valence-electron chi connectivity index (χ0n) is 18.7. The van der Waals surface area contributed by atoms with Gasteiger partial charge in [0.25, 0.3) is 0 Å². The highest BCUT2D eigenvalue weighted by molar-refractivity contribution is 7.99. The van der Waals surface area contributed by atoms with E-state index in [1.54, 1.807) is 30.5 Å². The van der Waals surface area contributed by atoms with Crippen molar-refractivity contribution in [3.8, 4) is 5.75 Å². The minimum atomic E-state index is -0.428. The van der Waals surface area contributed by atoms with Crippen molar-refractivity contribution in [2.45, 2.75) is 45.0 Å². The highest BCUT2D eigenvalue weighted by atomic mass is 35.5. The summed E-state index contributed by atoms with van der Waals surface area (Å²) in [4.78, 5) is 28.2. The number of anilines is 1. The predicted octanol–water partition coefficient (Wildman–Crippen LogP) is 5.04. The summed E-state index contributed by atoms with van der Waals surface area (Å²) in [6, 6.07) is 5.00. The molecule has 0 saturated carbocycles. The Kier molecular flexibility index (Phi) is 9.57. The molecule has 0 bridgehead atoms. The minimum absolute atomic E-state index is 0.0683. The molecule has 0 spiro atoms. The van der Waals surface area contributed by atoms with E-state index < -0.39 is 6.10 Å². The van der Waals surface area contributed by atoms with E-state index in [4.69, 9.17) is 32.7 Å². The lowest BCUT2D eigenvalue weighted by molar-refractivity contribution is -0.142. The van der Waals surface area contributed by atoms with Crippen molar-refractivity contribution >= 4 is 63.3 Å². The van der Waals surface area contributed by atoms with Crippen LogP contribution in [-0.2, 0) is 27.3 Å². The molecule has 0 aliphatic rings. The first kappa shape index (κ1) is 26.3. The molecule has 2 heterocycles. The van der Waals surface area contributed by atoms with Crippen molar-refractivity contribution in [3.05, 3.63) is 45.1 Å². The van der Waals surface area contributed by atoms with Crippen molar-refractivity contribution in [1.82, 2.24) is 19.7 Å². The van der Waals surface area contributed by atoms with Gasteiger partial charge in [0, 0.05) is 16.9 Å². The van der Waals surface area contributed by atoms with Crippen LogP contribution in [0.5, 0.6) is 5.75 Å². The van der Waals surface area contributed by atoms with Crippen molar-refractivity contribution < 1.29 is 19.1 Å². The number of hydrogen-bond donors (Lipinski definition) is 1. The minimum Gasteiger partial charge on any atom is -0.481 e. The number of amides is 1. The van der Waals surface area contributed by atoms with E-state index in [1.807, 2.05) is 18.4 Å². The third-order valence-electron chi connectivity index (χ3n) is 4.38. The maximum Gasteiger partial charge on any atom is 0.311 e. The van der Waals surface area contributed by atoms with Crippen LogP contribution in [0.4, 0.5) is 5.13 Å². The summed E-state index contributed by atoms with van der Waals surface area (Å²) >= 11 is 14.6. The van der Waals surface area contributed by atoms with E-state index in [0.29, 0.717) is 50.8 Å². The molecule has 3 rings (SSSR count). The summed E-state index contributed by atoms with van der Waals surface area (Å²) in [5.74, 6) is 0.617. The lowest BCUT2D eigenvalue weighted by atomic mass is 10.3. The average Bonchev–Trinajstić information content (AvgIpc) is 3.40. The predicted molar refractivity (Wildman–Crippen MR) is 133 cm³/mol. The van der Waals surface area contributed by atoms with Gasteiger partial charge >= 0.3 is 5.97 Å². The number of ether oxygens (including phenoxy) is 2. The molecule has 0 aliphatic heterocycles. The fourth-order valence-corrected chi connectivity index (χ4v) is 4.90. The second kappa shape index (κ2) is 12.4. The van der Waals surface area contributed by atoms with Crippen LogP contribution < -0.4 is 10.1 Å². The van der Waals surface area contributed by atoms with Gasteiger partial charge in [0.05, 0.1) is 29.5 Å². The molecule has 0 radical (unpaired) electrons. The molecule has 1 aromatic carbocycles. The molecule has 13 heteroatoms. The standard InChI is InChI=1S/C21H23Cl2N5O4S2/c1-4-28-19(12(3)32-16-7-6-13(22)8-15(16)23)26-27-21(28)34-11-17(29)25-20-24-14(10-33-20)9-18(30)31-5-2/h6-8,10,12H,4-5,9,11H2,1-3H3,(H,24,25,29). The molecule has 0 saturated heterocycles. The van der Waals surface area contributed by atoms with Gasteiger partial charge in [0.15, 0.2) is 22.2 Å². The van der Waals surface area contributed by atoms with E-state index >= 15 is 0 Å². The molecular formula is C21H23Cl2N5O4S2. The number of carbonyl (C=O) groups is 2. The Bertz CT molecular complexity index is 1150. The molecule has 3 aromatic rings. The largest absolute Gasteiger partial charge is 0.481 e. The average molecular weight is 544 g/mol. The molecule has 34 heavy (non-hydrogen) atoms. The second-order valence-corrected chi connectivity index (χ2v) is 9.53. The molecule has 1 atom stereocenters. The van der Waals surface area contributed by atoms with Crippen molar-refractivity contribution in [2.75, 3.05) is 17.7 Å². The Hall–Kier alpha value is -2.34. The maximum absolute atomic E-state index is 12.4. The number of benzene rings is 1. The number of thioether (sulfide) groups is 1. The summed E-state index contributed by atoms with van der Waals surface area (Å²) in [6.07, 6.45) is -0.360. The Morgan fingerprint density at radius 2 is 2.06 bits per heavy atom. The smallest absolute Gasteiger partial charge is 0.311 e. The van der Waals surface area contributed by atoms with Crippen LogP contribution in [0.1, 0.15) is 38.4 Å². The first-order valence-corrected chi connectivity index (χ1v) is 13.0. The van der Waals surface area contributed by atoms with E-state index in [1.165, 1.54) is 23.1 Å². The first-order valence-electron chi connectivity index (χ1n) is 10.4. The molecule has 0 aliphatic carbocycles. The quantitative estimate of drug-likeness (QED) is 0.264. The number of carbonyl (C=O) groups excluding carboxylic acids is 2. The summed E-state index contributed by atoms with van der Waals surface area (Å²) in [5.41, 5.74) is 0.552. The van der Waals surface area contributed by atoms with Crippen LogP contribution in [0, 0.1) is 0 Å². The number of hydrogen-bond acceptors (Lipinski definition) is 9. The van der Waals surface area contributed by atoms with Gasteiger partial charge in [0.2, 0.25) is 5.91 Å². The van der Waals surface area contributed by atoms with Crippen LogP contribution in [0.15, 0.2) is 28.7 Å². The van der Waals surface area contributed by atoms with Gasteiger partial charge in [-0.2, -0.15) is 0 Å². The van der Waals surface area contributed by atoms with Gasteiger partial charge in [-0.15, -0.1) is 21.5 Å². The summed E-state index contributed by atoms with van der Waals surface area (Å²) in [6.45, 7) is 6.46. The van der Waals surface area contributed by atoms with Crippen LogP contribution >= 0.6 is 46.3 Å². The highest BCUT2D eigenvalue weighted by Gasteiger charge is 2.20. The molecule has 0 fully saturated rings. The Balaban J connectivity index is 1.57. The van der Waals surface area contributed by atoms with E-state index in [9.17, 15) is 9.59 Å². The summed E-state index contributed by atoms with van der Waals surface area (Å²) in [7, 11) is 0. The van der Waals surface area contributed by atoms with Gasteiger partial charge in [-0.25, -0.2) is 4.98 Å². The third-order valence-corrected chi connectivity index (χ3v) is 6.69. The lowest BCUT2D eigenvalue weighted by Gasteiger charge is -2.16. The van der Waals surface area contributed by atoms with E-state index in [0.717, 1.165) is 0 Å². The van der Waals surface area contributed by atoms with Gasteiger partial charge < -0.3 is 19.4 Å². The molecular weight excluding hydrogens is 521 g/mol. The number of aromatic nitrogens is 4. The third kappa shape index (κ3) is 7.08. The summed E-state index contributed by atoms with van der Waals surface area (Å²) in [5, 5.41) is 14.9. The summed E-state index contributed by atoms with van der Waals surface area (Å²) < 4.78 is 12.7. The molecule has 1 N–H and O–H groups in total. The van der Waals surface area contributed by atoms with Gasteiger partial charge in [-0.1, -0.05) is 35.0 Å². The van der Waals surface area contributed by atoms with E-state index in [2.05, 4.69) is 20.5 Å². The first-order chi connectivity index (χ1) is 16.3. The van der Waals surface area contributed by atoms with Crippen LogP contribution in [0.3, 0.4) is 0 Å². The number of esters is 1. The Morgan fingerprint density at radius 1 is 1.26 bits per heavy atom. The fraction of sp³-hybridized carbons (Fsp3) is 0.381. The maximum atomic E-state index is 12.4. The number of nitrogens with one attached hydrogen (secondary N) is 1. The van der Waals surface area contributed by atoms with Crippen molar-refractivity contribution in [2.24, 2.45) is 0 Å². The zero-order valence-corrected chi connectivity index (χ0v) is 21.9. The zero-order chi connectivity index (χ0) is 24.7. The van der Waals surface area contributed by atoms with E-state index in [-0.39, 0.29) is 24.1 Å². The van der Waals surface area contributed by atoms with Gasteiger partial charge in [0.1, 0.15) is 5.75 Å². The fourth-order valence-electron chi connectivity index (χ4n) is 2.91. The lowest BCUT2D eigenvalue weighted by Crippen LogP contribution is -2.15. The molecule has 1 amide bonds. The topological polar surface area (TPSA) is 108 Å². The normalized spacial score (nSPS) is 11.8. The SMILES string of the molecule is CCOC(=O)Cc1csc(NC(=O)CSc2nnc(C(C)Oc3ccc(Cl)cc3Cl)n2CC)n1. The highest BCUT2D eigenvalue weighted by Crippen LogP contribution is 2.31. The van der Waals surface area contributed by atoms with Crippen LogP contribution in [0.2, 0.25) is 10.0 Å². The molecule has 2 aromatic heterocycles. The molecule has 1 unspecified atom stereocenters.